The molecule has 2 aromatic rings. The average molecular weight is 217 g/mol. The predicted molar refractivity (Wildman–Crippen MR) is 53.6 cm³/mol. The number of carbonyl (C=O) groups excluding carboxylic acids is 2. The molecule has 0 radical (unpaired) electrons. The summed E-state index contributed by atoms with van der Waals surface area (Å²) >= 11 is 0. The van der Waals surface area contributed by atoms with E-state index in [-0.39, 0.29) is 0 Å². The highest BCUT2D eigenvalue weighted by molar-refractivity contribution is 6.02. The molecule has 2 amide bonds. The molecule has 0 aliphatic carbocycles. The SMILES string of the molecule is O=C1NC(=O)C(c2coc3ccccc23)O1. The van der Waals surface area contributed by atoms with E-state index >= 15 is 0 Å². The summed E-state index contributed by atoms with van der Waals surface area (Å²) in [6, 6.07) is 7.26. The third kappa shape index (κ3) is 1.18. The first-order chi connectivity index (χ1) is 7.75. The number of cyclic esters (lactones) is 1. The number of imide groups is 1. The van der Waals surface area contributed by atoms with Crippen LogP contribution in [0, 0.1) is 0 Å². The fraction of sp³-hybridized carbons (Fsp3) is 0.0909. The van der Waals surface area contributed by atoms with Crippen LogP contribution in [0.5, 0.6) is 0 Å². The quantitative estimate of drug-likeness (QED) is 0.789. The van der Waals surface area contributed by atoms with E-state index in [0.29, 0.717) is 11.1 Å². The molecule has 0 saturated carbocycles. The first kappa shape index (κ1) is 8.96. The molecule has 1 N–H and O–H groups in total. The molecule has 5 nitrogen and oxygen atoms in total. The molecular weight excluding hydrogens is 210 g/mol. The highest BCUT2D eigenvalue weighted by Gasteiger charge is 2.35. The lowest BCUT2D eigenvalue weighted by molar-refractivity contribution is -0.123. The number of carbonyl (C=O) groups is 2. The van der Waals surface area contributed by atoms with Crippen molar-refractivity contribution >= 4 is 23.0 Å². The van der Waals surface area contributed by atoms with Crippen molar-refractivity contribution < 1.29 is 18.7 Å². The second-order valence-corrected chi connectivity index (χ2v) is 3.46. The summed E-state index contributed by atoms with van der Waals surface area (Å²) < 4.78 is 10.1. The lowest BCUT2D eigenvalue weighted by Gasteiger charge is -2.02. The van der Waals surface area contributed by atoms with Gasteiger partial charge in [0.15, 0.2) is 0 Å². The van der Waals surface area contributed by atoms with Crippen molar-refractivity contribution in [3.63, 3.8) is 0 Å². The minimum Gasteiger partial charge on any atom is -0.464 e. The summed E-state index contributed by atoms with van der Waals surface area (Å²) in [4.78, 5) is 22.3. The van der Waals surface area contributed by atoms with Crippen LogP contribution in [0.25, 0.3) is 11.0 Å². The molecule has 1 atom stereocenters. The number of fused-ring (bicyclic) bond motifs is 1. The van der Waals surface area contributed by atoms with Gasteiger partial charge in [0.25, 0.3) is 5.91 Å². The van der Waals surface area contributed by atoms with Crippen molar-refractivity contribution in [1.82, 2.24) is 5.32 Å². The van der Waals surface area contributed by atoms with Crippen LogP contribution in [0.3, 0.4) is 0 Å². The lowest BCUT2D eigenvalue weighted by atomic mass is 10.1. The van der Waals surface area contributed by atoms with Crippen LogP contribution in [-0.2, 0) is 9.53 Å². The van der Waals surface area contributed by atoms with E-state index in [9.17, 15) is 9.59 Å². The van der Waals surface area contributed by atoms with Crippen LogP contribution in [0.2, 0.25) is 0 Å². The van der Waals surface area contributed by atoms with Gasteiger partial charge in [-0.15, -0.1) is 0 Å². The van der Waals surface area contributed by atoms with E-state index in [1.54, 1.807) is 6.07 Å². The van der Waals surface area contributed by atoms with Gasteiger partial charge in [0.05, 0.1) is 6.26 Å². The number of hydrogen-bond donors (Lipinski definition) is 1. The molecule has 0 spiro atoms. The number of alkyl carbamates (subject to hydrolysis) is 1. The molecule has 3 rings (SSSR count). The summed E-state index contributed by atoms with van der Waals surface area (Å²) in [5.74, 6) is -0.462. The standard InChI is InChI=1S/C11H7NO4/c13-10-9(16-11(14)12-10)7-5-15-8-4-2-1-3-6(7)8/h1-5,9H,(H,12,13,14). The van der Waals surface area contributed by atoms with Gasteiger partial charge in [-0.25, -0.2) is 4.79 Å². The summed E-state index contributed by atoms with van der Waals surface area (Å²) in [6.07, 6.45) is -0.190. The van der Waals surface area contributed by atoms with Crippen LogP contribution in [0.1, 0.15) is 11.7 Å². The molecule has 1 aliphatic rings. The monoisotopic (exact) mass is 217 g/mol. The van der Waals surface area contributed by atoms with Gasteiger partial charge in [0, 0.05) is 10.9 Å². The maximum absolute atomic E-state index is 11.4. The highest BCUT2D eigenvalue weighted by Crippen LogP contribution is 2.30. The van der Waals surface area contributed by atoms with Crippen LogP contribution in [0.15, 0.2) is 34.9 Å². The zero-order chi connectivity index (χ0) is 11.1. The van der Waals surface area contributed by atoms with Crippen molar-refractivity contribution in [2.24, 2.45) is 0 Å². The molecule has 1 aromatic heterocycles. The zero-order valence-electron chi connectivity index (χ0n) is 8.10. The minimum absolute atomic E-state index is 0.462. The van der Waals surface area contributed by atoms with E-state index in [1.807, 2.05) is 18.2 Å². The van der Waals surface area contributed by atoms with Gasteiger partial charge < -0.3 is 9.15 Å². The van der Waals surface area contributed by atoms with E-state index in [0.717, 1.165) is 5.39 Å². The van der Waals surface area contributed by atoms with E-state index in [2.05, 4.69) is 5.32 Å². The highest BCUT2D eigenvalue weighted by atomic mass is 16.6. The fourth-order valence-corrected chi connectivity index (χ4v) is 1.76. The van der Waals surface area contributed by atoms with E-state index in [4.69, 9.17) is 9.15 Å². The first-order valence-electron chi connectivity index (χ1n) is 4.73. The molecule has 1 aliphatic heterocycles. The number of furan rings is 1. The van der Waals surface area contributed by atoms with E-state index < -0.39 is 18.1 Å². The van der Waals surface area contributed by atoms with Gasteiger partial charge in [0.2, 0.25) is 6.10 Å². The predicted octanol–water partition coefficient (Wildman–Crippen LogP) is 1.74. The number of benzene rings is 1. The number of ether oxygens (including phenoxy) is 1. The van der Waals surface area contributed by atoms with Crippen LogP contribution >= 0.6 is 0 Å². The average Bonchev–Trinajstić information content (AvgIpc) is 2.81. The molecule has 0 bridgehead atoms. The van der Waals surface area contributed by atoms with Crippen molar-refractivity contribution in [1.29, 1.82) is 0 Å². The molecule has 16 heavy (non-hydrogen) atoms. The Balaban J connectivity index is 2.13. The van der Waals surface area contributed by atoms with Crippen molar-refractivity contribution in [3.05, 3.63) is 36.1 Å². The van der Waals surface area contributed by atoms with Crippen LogP contribution in [-0.4, -0.2) is 12.0 Å². The summed E-state index contributed by atoms with van der Waals surface area (Å²) in [5.41, 5.74) is 1.23. The largest absolute Gasteiger partial charge is 0.464 e. The summed E-state index contributed by atoms with van der Waals surface area (Å²) in [6.45, 7) is 0. The number of hydrogen-bond acceptors (Lipinski definition) is 4. The van der Waals surface area contributed by atoms with Gasteiger partial charge in [-0.2, -0.15) is 0 Å². The number of rotatable bonds is 1. The molecular formula is C11H7NO4. The van der Waals surface area contributed by atoms with Crippen molar-refractivity contribution in [2.75, 3.05) is 0 Å². The Labute approximate surface area is 90.0 Å². The third-order valence-electron chi connectivity index (χ3n) is 2.48. The first-order valence-corrected chi connectivity index (χ1v) is 4.73. The number of para-hydroxylation sites is 1. The third-order valence-corrected chi connectivity index (χ3v) is 2.48. The maximum atomic E-state index is 11.4. The van der Waals surface area contributed by atoms with Crippen molar-refractivity contribution in [3.8, 4) is 0 Å². The van der Waals surface area contributed by atoms with Gasteiger partial charge in [-0.05, 0) is 6.07 Å². The zero-order valence-corrected chi connectivity index (χ0v) is 8.10. The number of nitrogens with one attached hydrogen (secondary N) is 1. The van der Waals surface area contributed by atoms with Gasteiger partial charge in [-0.1, -0.05) is 18.2 Å². The molecule has 1 unspecified atom stereocenters. The molecule has 80 valence electrons. The topological polar surface area (TPSA) is 68.5 Å². The second-order valence-electron chi connectivity index (χ2n) is 3.46. The van der Waals surface area contributed by atoms with E-state index in [1.165, 1.54) is 6.26 Å². The smallest absolute Gasteiger partial charge is 0.415 e. The molecule has 1 saturated heterocycles. The summed E-state index contributed by atoms with van der Waals surface area (Å²) in [7, 11) is 0. The molecule has 1 aromatic carbocycles. The second kappa shape index (κ2) is 3.10. The Morgan fingerprint density at radius 2 is 2.00 bits per heavy atom. The maximum Gasteiger partial charge on any atom is 0.415 e. The number of amides is 2. The van der Waals surface area contributed by atoms with Crippen LogP contribution in [0.4, 0.5) is 4.79 Å². The lowest BCUT2D eigenvalue weighted by Crippen LogP contribution is -2.20. The Bertz CT molecular complexity index is 586. The van der Waals surface area contributed by atoms with Gasteiger partial charge in [-0.3, -0.25) is 10.1 Å². The van der Waals surface area contributed by atoms with Crippen LogP contribution < -0.4 is 5.32 Å². The summed E-state index contributed by atoms with van der Waals surface area (Å²) in [5, 5.41) is 2.85. The molecule has 2 heterocycles. The Kier molecular flexibility index (Phi) is 1.73. The Hall–Kier alpha value is -2.30. The molecule has 1 fully saturated rings. The Morgan fingerprint density at radius 3 is 2.75 bits per heavy atom. The Morgan fingerprint density at radius 1 is 1.19 bits per heavy atom. The van der Waals surface area contributed by atoms with Gasteiger partial charge in [0.1, 0.15) is 5.58 Å². The van der Waals surface area contributed by atoms with Crippen molar-refractivity contribution in [2.45, 2.75) is 6.10 Å². The van der Waals surface area contributed by atoms with Gasteiger partial charge >= 0.3 is 6.09 Å². The normalized spacial score (nSPS) is 19.9. The molecule has 5 heteroatoms. The fourth-order valence-electron chi connectivity index (χ4n) is 1.76. The minimum atomic E-state index is -0.906.